The number of nitrogens with zero attached hydrogens (tertiary/aromatic N) is 2. The van der Waals surface area contributed by atoms with Crippen LogP contribution in [0.1, 0.15) is 16.8 Å². The number of likely N-dealkylation sites (tertiary alicyclic amines) is 1. The quantitative estimate of drug-likeness (QED) is 0.782. The summed E-state index contributed by atoms with van der Waals surface area (Å²) in [5, 5.41) is 0. The number of likely N-dealkylation sites (N-methyl/N-ethyl adjacent to an activating group) is 1. The van der Waals surface area contributed by atoms with Gasteiger partial charge in [0.15, 0.2) is 0 Å². The van der Waals surface area contributed by atoms with Crippen LogP contribution in [0.4, 0.5) is 4.39 Å². The molecule has 2 amide bonds. The average molecular weight is 306 g/mol. The maximum Gasteiger partial charge on any atom is 0.253 e. The Morgan fingerprint density at radius 1 is 1.27 bits per heavy atom. The fraction of sp³-hybridized carbons (Fsp3) is 0.500. The number of rotatable bonds is 1. The zero-order chi connectivity index (χ0) is 15.7. The van der Waals surface area contributed by atoms with E-state index in [-0.39, 0.29) is 29.7 Å². The summed E-state index contributed by atoms with van der Waals surface area (Å²) in [6.45, 7) is 2.36. The molecule has 2 fully saturated rings. The summed E-state index contributed by atoms with van der Waals surface area (Å²) in [5.74, 6) is -0.484. The molecule has 2 aliphatic heterocycles. The fourth-order valence-electron chi connectivity index (χ4n) is 3.23. The Labute approximate surface area is 128 Å². The first-order valence-corrected chi connectivity index (χ1v) is 7.36. The first-order valence-electron chi connectivity index (χ1n) is 7.36. The van der Waals surface area contributed by atoms with Crippen molar-refractivity contribution in [2.45, 2.75) is 6.42 Å². The van der Waals surface area contributed by atoms with E-state index in [1.807, 2.05) is 0 Å². The second-order valence-corrected chi connectivity index (χ2v) is 6.23. The van der Waals surface area contributed by atoms with Crippen molar-refractivity contribution in [2.75, 3.05) is 39.9 Å². The van der Waals surface area contributed by atoms with Gasteiger partial charge in [-0.3, -0.25) is 9.59 Å². The van der Waals surface area contributed by atoms with Crippen LogP contribution in [0.25, 0.3) is 0 Å². The van der Waals surface area contributed by atoms with Crippen molar-refractivity contribution >= 4 is 11.8 Å². The molecule has 2 aliphatic rings. The molecule has 3 rings (SSSR count). The number of benzene rings is 1. The molecule has 1 atom stereocenters. The molecule has 1 spiro atoms. The molecule has 0 radical (unpaired) electrons. The number of hydrogen-bond acceptors (Lipinski definition) is 3. The van der Waals surface area contributed by atoms with E-state index in [9.17, 15) is 14.0 Å². The summed E-state index contributed by atoms with van der Waals surface area (Å²) >= 11 is 0. The monoisotopic (exact) mass is 306 g/mol. The van der Waals surface area contributed by atoms with E-state index in [1.54, 1.807) is 16.8 Å². The molecular weight excluding hydrogens is 287 g/mol. The lowest BCUT2D eigenvalue weighted by molar-refractivity contribution is -0.132. The van der Waals surface area contributed by atoms with Crippen LogP contribution < -0.4 is 0 Å². The van der Waals surface area contributed by atoms with Crippen molar-refractivity contribution in [3.63, 3.8) is 0 Å². The minimum absolute atomic E-state index is 0.0276. The van der Waals surface area contributed by atoms with Gasteiger partial charge in [-0.15, -0.1) is 0 Å². The SMILES string of the molecule is CN1CC2(CCN(C(=O)c3ccc(F)cc3)C2)COCC1=O. The van der Waals surface area contributed by atoms with Crippen LogP contribution in [0.5, 0.6) is 0 Å². The van der Waals surface area contributed by atoms with Gasteiger partial charge in [0.1, 0.15) is 12.4 Å². The number of halogens is 1. The number of carbonyl (C=O) groups excluding carboxylic acids is 2. The molecule has 1 unspecified atom stereocenters. The van der Waals surface area contributed by atoms with E-state index >= 15 is 0 Å². The highest BCUT2D eigenvalue weighted by atomic mass is 19.1. The number of carbonyl (C=O) groups is 2. The van der Waals surface area contributed by atoms with Crippen molar-refractivity contribution in [3.05, 3.63) is 35.6 Å². The number of hydrogen-bond donors (Lipinski definition) is 0. The van der Waals surface area contributed by atoms with Gasteiger partial charge in [-0.1, -0.05) is 0 Å². The molecule has 0 saturated carbocycles. The molecule has 2 heterocycles. The van der Waals surface area contributed by atoms with Gasteiger partial charge >= 0.3 is 0 Å². The fourth-order valence-corrected chi connectivity index (χ4v) is 3.23. The molecule has 6 heteroatoms. The van der Waals surface area contributed by atoms with Gasteiger partial charge in [0.2, 0.25) is 5.91 Å². The zero-order valence-electron chi connectivity index (χ0n) is 12.5. The summed E-state index contributed by atoms with van der Waals surface area (Å²) in [5.41, 5.74) is 0.286. The Morgan fingerprint density at radius 3 is 2.73 bits per heavy atom. The maximum absolute atomic E-state index is 13.0. The second-order valence-electron chi connectivity index (χ2n) is 6.23. The van der Waals surface area contributed by atoms with Gasteiger partial charge in [0, 0.05) is 37.7 Å². The highest BCUT2D eigenvalue weighted by Gasteiger charge is 2.43. The minimum Gasteiger partial charge on any atom is -0.371 e. The van der Waals surface area contributed by atoms with Crippen molar-refractivity contribution in [2.24, 2.45) is 5.41 Å². The lowest BCUT2D eigenvalue weighted by atomic mass is 9.88. The van der Waals surface area contributed by atoms with E-state index < -0.39 is 0 Å². The van der Waals surface area contributed by atoms with E-state index in [0.717, 1.165) is 6.42 Å². The highest BCUT2D eigenvalue weighted by Crippen LogP contribution is 2.34. The lowest BCUT2D eigenvalue weighted by Gasteiger charge is -2.29. The van der Waals surface area contributed by atoms with E-state index in [1.165, 1.54) is 24.3 Å². The Balaban J connectivity index is 1.72. The maximum atomic E-state index is 13.0. The molecule has 0 N–H and O–H groups in total. The van der Waals surface area contributed by atoms with Crippen LogP contribution in [0.2, 0.25) is 0 Å². The van der Waals surface area contributed by atoms with Crippen LogP contribution in [-0.4, -0.2) is 61.5 Å². The third kappa shape index (κ3) is 2.83. The Kier molecular flexibility index (Phi) is 3.87. The van der Waals surface area contributed by atoms with E-state index in [4.69, 9.17) is 4.74 Å². The van der Waals surface area contributed by atoms with Crippen LogP contribution in [-0.2, 0) is 9.53 Å². The summed E-state index contributed by atoms with van der Waals surface area (Å²) in [4.78, 5) is 27.6. The molecule has 0 bridgehead atoms. The second kappa shape index (κ2) is 5.68. The van der Waals surface area contributed by atoms with Gasteiger partial charge in [-0.05, 0) is 30.7 Å². The smallest absolute Gasteiger partial charge is 0.253 e. The summed E-state index contributed by atoms with van der Waals surface area (Å²) in [7, 11) is 1.77. The van der Waals surface area contributed by atoms with Gasteiger partial charge in [0.05, 0.1) is 6.61 Å². The Hall–Kier alpha value is -1.95. The molecule has 1 aromatic rings. The lowest BCUT2D eigenvalue weighted by Crippen LogP contribution is -2.41. The van der Waals surface area contributed by atoms with Crippen LogP contribution in [0.15, 0.2) is 24.3 Å². The number of ether oxygens (including phenoxy) is 1. The van der Waals surface area contributed by atoms with Crippen molar-refractivity contribution in [1.29, 1.82) is 0 Å². The van der Waals surface area contributed by atoms with Crippen molar-refractivity contribution in [1.82, 2.24) is 9.80 Å². The Bertz CT molecular complexity index is 590. The van der Waals surface area contributed by atoms with Crippen LogP contribution in [0.3, 0.4) is 0 Å². The average Bonchev–Trinajstić information content (AvgIpc) is 2.85. The first-order chi connectivity index (χ1) is 10.5. The molecule has 5 nitrogen and oxygen atoms in total. The van der Waals surface area contributed by atoms with Crippen molar-refractivity contribution < 1.29 is 18.7 Å². The minimum atomic E-state index is -0.355. The normalized spacial score (nSPS) is 25.6. The third-order valence-corrected chi connectivity index (χ3v) is 4.45. The summed E-state index contributed by atoms with van der Waals surface area (Å²) in [6, 6.07) is 5.59. The topological polar surface area (TPSA) is 49.9 Å². The van der Waals surface area contributed by atoms with Gasteiger partial charge in [0.25, 0.3) is 5.91 Å². The van der Waals surface area contributed by atoms with Gasteiger partial charge in [-0.2, -0.15) is 0 Å². The van der Waals surface area contributed by atoms with E-state index in [0.29, 0.717) is 31.8 Å². The first kappa shape index (κ1) is 15.0. The van der Waals surface area contributed by atoms with Crippen LogP contribution >= 0.6 is 0 Å². The number of amides is 2. The molecular formula is C16H19FN2O3. The van der Waals surface area contributed by atoms with Gasteiger partial charge in [-0.25, -0.2) is 4.39 Å². The van der Waals surface area contributed by atoms with Gasteiger partial charge < -0.3 is 14.5 Å². The third-order valence-electron chi connectivity index (χ3n) is 4.45. The van der Waals surface area contributed by atoms with E-state index in [2.05, 4.69) is 0 Å². The molecule has 2 saturated heterocycles. The summed E-state index contributed by atoms with van der Waals surface area (Å²) < 4.78 is 18.4. The molecule has 0 aliphatic carbocycles. The van der Waals surface area contributed by atoms with Crippen molar-refractivity contribution in [3.8, 4) is 0 Å². The Morgan fingerprint density at radius 2 is 2.00 bits per heavy atom. The standard InChI is InChI=1S/C16H19FN2O3/c1-18-9-16(11-22-8-14(18)20)6-7-19(10-16)15(21)12-2-4-13(17)5-3-12/h2-5H,6-11H2,1H3. The molecule has 0 aromatic heterocycles. The molecule has 22 heavy (non-hydrogen) atoms. The highest BCUT2D eigenvalue weighted by molar-refractivity contribution is 5.94. The van der Waals surface area contributed by atoms with Crippen LogP contribution in [0, 0.1) is 11.2 Å². The molecule has 1 aromatic carbocycles. The predicted molar refractivity (Wildman–Crippen MR) is 77.8 cm³/mol. The molecule has 118 valence electrons. The summed E-state index contributed by atoms with van der Waals surface area (Å²) in [6.07, 6.45) is 0.803. The predicted octanol–water partition coefficient (Wildman–Crippen LogP) is 1.15. The zero-order valence-corrected chi connectivity index (χ0v) is 12.5. The largest absolute Gasteiger partial charge is 0.371 e.